The molecular weight excluding hydrogens is 375 g/mol. The van der Waals surface area contributed by atoms with Gasteiger partial charge in [-0.05, 0) is 38.0 Å². The number of carbonyl (C=O) groups is 1. The summed E-state index contributed by atoms with van der Waals surface area (Å²) in [6, 6.07) is 5.64. The summed E-state index contributed by atoms with van der Waals surface area (Å²) in [7, 11) is -3.78. The second-order valence-electron chi connectivity index (χ2n) is 6.48. The van der Waals surface area contributed by atoms with Crippen LogP contribution in [0.4, 0.5) is 4.39 Å². The summed E-state index contributed by atoms with van der Waals surface area (Å²) >= 11 is 0. The van der Waals surface area contributed by atoms with Crippen molar-refractivity contribution in [2.75, 3.05) is 13.2 Å². The third kappa shape index (κ3) is 4.92. The van der Waals surface area contributed by atoms with Crippen molar-refractivity contribution < 1.29 is 26.8 Å². The van der Waals surface area contributed by atoms with Crippen LogP contribution in [0.15, 0.2) is 34.9 Å². The number of rotatable bonds is 7. The summed E-state index contributed by atoms with van der Waals surface area (Å²) < 4.78 is 49.0. The largest absolute Gasteiger partial charge is 0.444 e. The third-order valence-corrected chi connectivity index (χ3v) is 6.40. The highest BCUT2D eigenvalue weighted by Crippen LogP contribution is 2.21. The number of sulfone groups is 1. The number of hydrogen-bond donors (Lipinski definition) is 1. The summed E-state index contributed by atoms with van der Waals surface area (Å²) in [6.07, 6.45) is 2.93. The maximum Gasteiger partial charge on any atom is 0.238 e. The van der Waals surface area contributed by atoms with E-state index in [0.29, 0.717) is 18.7 Å². The van der Waals surface area contributed by atoms with Gasteiger partial charge in [-0.1, -0.05) is 6.07 Å². The molecular formula is C18H21FN2O5S. The molecule has 27 heavy (non-hydrogen) atoms. The Balaban J connectivity index is 1.62. The summed E-state index contributed by atoms with van der Waals surface area (Å²) in [6.45, 7) is 2.30. The molecule has 1 saturated heterocycles. The highest BCUT2D eigenvalue weighted by Gasteiger charge is 2.30. The smallest absolute Gasteiger partial charge is 0.238 e. The number of oxazole rings is 1. The number of carbonyl (C=O) groups excluding carboxylic acids is 1. The van der Waals surface area contributed by atoms with E-state index in [-0.39, 0.29) is 17.7 Å². The first-order valence-corrected chi connectivity index (χ1v) is 10.4. The summed E-state index contributed by atoms with van der Waals surface area (Å²) in [5, 5.41) is 1.40. The van der Waals surface area contributed by atoms with Crippen molar-refractivity contribution in [2.45, 2.75) is 36.9 Å². The van der Waals surface area contributed by atoms with Gasteiger partial charge >= 0.3 is 0 Å². The molecule has 2 atom stereocenters. The second kappa shape index (κ2) is 8.18. The van der Waals surface area contributed by atoms with E-state index in [9.17, 15) is 17.6 Å². The van der Waals surface area contributed by atoms with Crippen LogP contribution in [0.25, 0.3) is 11.5 Å². The van der Waals surface area contributed by atoms with Gasteiger partial charge in [0, 0.05) is 18.7 Å². The number of amides is 1. The molecule has 7 nitrogen and oxygen atoms in total. The minimum absolute atomic E-state index is 0.0618. The van der Waals surface area contributed by atoms with Crippen LogP contribution in [0.3, 0.4) is 0 Å². The van der Waals surface area contributed by atoms with E-state index in [1.807, 2.05) is 0 Å². The molecule has 1 aromatic carbocycles. The number of nitrogens with zero attached hydrogens (tertiary/aromatic N) is 1. The Kier molecular flexibility index (Phi) is 5.91. The molecule has 1 amide bonds. The normalized spacial score (nSPS) is 18.4. The lowest BCUT2D eigenvalue weighted by molar-refractivity contribution is -0.120. The number of nitrogens with one attached hydrogen (secondary N) is 1. The van der Waals surface area contributed by atoms with Gasteiger partial charge in [-0.15, -0.1) is 0 Å². The molecule has 1 aliphatic heterocycles. The molecule has 0 unspecified atom stereocenters. The predicted octanol–water partition coefficient (Wildman–Crippen LogP) is 2.08. The molecule has 0 spiro atoms. The highest BCUT2D eigenvalue weighted by molar-refractivity contribution is 7.92. The maximum atomic E-state index is 13.3. The Bertz CT molecular complexity index is 906. The number of hydrogen-bond acceptors (Lipinski definition) is 6. The van der Waals surface area contributed by atoms with Gasteiger partial charge in [0.05, 0.1) is 17.6 Å². The van der Waals surface area contributed by atoms with Crippen LogP contribution in [-0.2, 0) is 25.1 Å². The monoisotopic (exact) mass is 396 g/mol. The van der Waals surface area contributed by atoms with Crippen LogP contribution in [-0.4, -0.2) is 43.8 Å². The number of aromatic nitrogens is 1. The van der Waals surface area contributed by atoms with E-state index >= 15 is 0 Å². The number of ether oxygens (including phenoxy) is 1. The van der Waals surface area contributed by atoms with Crippen molar-refractivity contribution in [3.05, 3.63) is 42.0 Å². The van der Waals surface area contributed by atoms with E-state index in [1.54, 1.807) is 6.07 Å². The van der Waals surface area contributed by atoms with Crippen LogP contribution in [0.5, 0.6) is 0 Å². The van der Waals surface area contributed by atoms with Crippen LogP contribution in [0, 0.1) is 5.82 Å². The van der Waals surface area contributed by atoms with Crippen LogP contribution >= 0.6 is 0 Å². The lowest BCUT2D eigenvalue weighted by atomic mass is 10.2. The van der Waals surface area contributed by atoms with Crippen molar-refractivity contribution in [2.24, 2.45) is 0 Å². The molecule has 1 aliphatic rings. The highest BCUT2D eigenvalue weighted by atomic mass is 32.2. The van der Waals surface area contributed by atoms with Gasteiger partial charge in [0.25, 0.3) is 0 Å². The Labute approximate surface area is 156 Å². The Morgan fingerprint density at radius 1 is 1.44 bits per heavy atom. The van der Waals surface area contributed by atoms with Crippen LogP contribution in [0.2, 0.25) is 0 Å². The second-order valence-corrected chi connectivity index (χ2v) is 8.81. The van der Waals surface area contributed by atoms with Gasteiger partial charge in [-0.3, -0.25) is 4.79 Å². The summed E-state index contributed by atoms with van der Waals surface area (Å²) in [5.74, 6) is -1.34. The zero-order valence-electron chi connectivity index (χ0n) is 14.9. The topological polar surface area (TPSA) is 98.5 Å². The lowest BCUT2D eigenvalue weighted by Gasteiger charge is -2.15. The van der Waals surface area contributed by atoms with Gasteiger partial charge < -0.3 is 14.5 Å². The molecule has 1 N–H and O–H groups in total. The first kappa shape index (κ1) is 19.5. The molecule has 9 heteroatoms. The zero-order valence-corrected chi connectivity index (χ0v) is 15.7. The van der Waals surface area contributed by atoms with Crippen molar-refractivity contribution in [1.29, 1.82) is 0 Å². The summed E-state index contributed by atoms with van der Waals surface area (Å²) in [4.78, 5) is 16.3. The number of halogens is 1. The number of benzene rings is 1. The van der Waals surface area contributed by atoms with E-state index < -0.39 is 32.6 Å². The maximum absolute atomic E-state index is 13.3. The standard InChI is InChI=1S/C18H21FN2O5S/c1-12(17(22)20-9-16-6-3-7-25-16)27(23,24)11-15-10-26-18(21-15)13-4-2-5-14(19)8-13/h2,4-5,8,10,12,16H,3,6-7,9,11H2,1H3,(H,20,22)/t12-,16-/m1/s1. The Hall–Kier alpha value is -2.26. The average Bonchev–Trinajstić information content (AvgIpc) is 3.30. The molecule has 0 aliphatic carbocycles. The van der Waals surface area contributed by atoms with Crippen LogP contribution < -0.4 is 5.32 Å². The predicted molar refractivity (Wildman–Crippen MR) is 96.0 cm³/mol. The van der Waals surface area contributed by atoms with Gasteiger partial charge in [0.1, 0.15) is 17.3 Å². The van der Waals surface area contributed by atoms with Gasteiger partial charge in [-0.25, -0.2) is 17.8 Å². The fraction of sp³-hybridized carbons (Fsp3) is 0.444. The Morgan fingerprint density at radius 2 is 2.26 bits per heavy atom. The van der Waals surface area contributed by atoms with Gasteiger partial charge in [0.15, 0.2) is 9.84 Å². The first-order chi connectivity index (χ1) is 12.8. The van der Waals surface area contributed by atoms with Gasteiger partial charge in [0.2, 0.25) is 11.8 Å². The molecule has 0 bridgehead atoms. The molecule has 1 fully saturated rings. The fourth-order valence-corrected chi connectivity index (χ4v) is 3.99. The van der Waals surface area contributed by atoms with Crippen LogP contribution in [0.1, 0.15) is 25.5 Å². The van der Waals surface area contributed by atoms with E-state index in [0.717, 1.165) is 12.8 Å². The SMILES string of the molecule is C[C@H](C(=O)NC[C@H]1CCCO1)S(=O)(=O)Cc1coc(-c2cccc(F)c2)n1. The molecule has 146 valence electrons. The fourth-order valence-electron chi connectivity index (χ4n) is 2.79. The lowest BCUT2D eigenvalue weighted by Crippen LogP contribution is -2.41. The molecule has 0 saturated carbocycles. The quantitative estimate of drug-likeness (QED) is 0.769. The van der Waals surface area contributed by atoms with Crippen molar-refractivity contribution in [3.8, 4) is 11.5 Å². The molecule has 3 rings (SSSR count). The van der Waals surface area contributed by atoms with E-state index in [4.69, 9.17) is 9.15 Å². The zero-order chi connectivity index (χ0) is 19.4. The molecule has 0 radical (unpaired) electrons. The van der Waals surface area contributed by atoms with Crippen molar-refractivity contribution in [1.82, 2.24) is 10.3 Å². The Morgan fingerprint density at radius 3 is 2.96 bits per heavy atom. The molecule has 2 heterocycles. The van der Waals surface area contributed by atoms with Gasteiger partial charge in [-0.2, -0.15) is 0 Å². The van der Waals surface area contributed by atoms with E-state index in [1.165, 1.54) is 31.4 Å². The first-order valence-electron chi connectivity index (χ1n) is 8.66. The minimum Gasteiger partial charge on any atom is -0.444 e. The van der Waals surface area contributed by atoms with Crippen molar-refractivity contribution in [3.63, 3.8) is 0 Å². The molecule has 2 aromatic rings. The van der Waals surface area contributed by atoms with Crippen molar-refractivity contribution >= 4 is 15.7 Å². The molecule has 1 aromatic heterocycles. The van der Waals surface area contributed by atoms with E-state index in [2.05, 4.69) is 10.3 Å². The average molecular weight is 396 g/mol. The minimum atomic E-state index is -3.78. The third-order valence-electron chi connectivity index (χ3n) is 4.41. The summed E-state index contributed by atoms with van der Waals surface area (Å²) in [5.41, 5.74) is 0.564.